The van der Waals surface area contributed by atoms with Crippen molar-refractivity contribution in [3.63, 3.8) is 0 Å². The lowest BCUT2D eigenvalue weighted by Crippen LogP contribution is -2.35. The molecule has 2 fully saturated rings. The lowest BCUT2D eigenvalue weighted by molar-refractivity contribution is -0.128. The highest BCUT2D eigenvalue weighted by atomic mass is 28.3. The predicted octanol–water partition coefficient (Wildman–Crippen LogP) is 16.3. The van der Waals surface area contributed by atoms with Gasteiger partial charge in [-0.3, -0.25) is 4.79 Å². The number of urea groups is 1. The Balaban J connectivity index is -0.0000000252. The summed E-state index contributed by atoms with van der Waals surface area (Å²) in [5, 5.41) is 0. The van der Waals surface area contributed by atoms with Crippen molar-refractivity contribution in [3.05, 3.63) is 9.93 Å². The molecule has 2 aliphatic rings. The molecule has 2 saturated heterocycles. The minimum atomic E-state index is -0.611. The Hall–Kier alpha value is -1.36. The number of methoxy groups -OCH3 is 1. The van der Waals surface area contributed by atoms with Crippen molar-refractivity contribution in [1.82, 2.24) is 9.80 Å². The van der Waals surface area contributed by atoms with Crippen LogP contribution in [0.2, 0.25) is 26.2 Å². The van der Waals surface area contributed by atoms with E-state index in [1.807, 2.05) is 0 Å². The maximum atomic E-state index is 11.8. The van der Waals surface area contributed by atoms with Gasteiger partial charge in [0.1, 0.15) is 19.4 Å². The van der Waals surface area contributed by atoms with E-state index in [1.165, 1.54) is 13.5 Å². The summed E-state index contributed by atoms with van der Waals surface area (Å²) in [5.41, 5.74) is 1.21. The Morgan fingerprint density at radius 3 is 1.26 bits per heavy atom. The molecule has 0 aliphatic carbocycles. The molecule has 0 aromatic rings. The first-order chi connectivity index (χ1) is 18.4. The maximum absolute atomic E-state index is 11.8. The molecule has 3 amide bonds. The van der Waals surface area contributed by atoms with E-state index in [0.29, 0.717) is 23.5 Å². The minimum absolute atomic E-state index is 0. The van der Waals surface area contributed by atoms with Gasteiger partial charge in [-0.25, -0.2) is 9.69 Å². The van der Waals surface area contributed by atoms with Gasteiger partial charge < -0.3 is 19.1 Å². The largest absolute Gasteiger partial charge is 0.379 e. The van der Waals surface area contributed by atoms with E-state index >= 15 is 0 Å². The third-order valence-corrected chi connectivity index (χ3v) is 4.66. The summed E-state index contributed by atoms with van der Waals surface area (Å²) in [5.74, 6) is -0.174. The van der Waals surface area contributed by atoms with Gasteiger partial charge in [-0.1, -0.05) is 192 Å². The lowest BCUT2D eigenvalue weighted by atomic mass is 9.90. The zero-order chi connectivity index (χ0) is 33.1. The highest BCUT2D eigenvalue weighted by molar-refractivity contribution is 6.74. The topological polar surface area (TPSA) is 106 Å². The highest BCUT2D eigenvalue weighted by Gasteiger charge is 2.35. The number of nitrogens with zero attached hydrogens (tertiary/aromatic N) is 2. The van der Waals surface area contributed by atoms with Crippen molar-refractivity contribution < 1.29 is 23.8 Å². The Morgan fingerprint density at radius 1 is 0.667 bits per heavy atom. The van der Waals surface area contributed by atoms with E-state index in [1.54, 1.807) is 4.90 Å². The van der Waals surface area contributed by atoms with Crippen molar-refractivity contribution in [2.75, 3.05) is 46.8 Å². The number of epoxide rings is 1. The second kappa shape index (κ2) is 51.6. The quantitative estimate of drug-likeness (QED) is 0.0935. The molecular weight excluding hydrogens is 697 g/mol. The van der Waals surface area contributed by atoms with Gasteiger partial charge in [-0.15, -0.1) is 0 Å². The molecule has 2 aliphatic heterocycles. The third kappa shape index (κ3) is 92.9. The van der Waals surface area contributed by atoms with Crippen LogP contribution in [0.5, 0.6) is 0 Å². The fourth-order valence-corrected chi connectivity index (χ4v) is 2.91. The summed E-state index contributed by atoms with van der Waals surface area (Å²) in [6.45, 7) is 34.8. The first-order valence-electron chi connectivity index (χ1n) is 14.9. The third-order valence-electron chi connectivity index (χ3n) is 4.66. The summed E-state index contributed by atoms with van der Waals surface area (Å²) in [6, 6.07) is -0.231. The van der Waals surface area contributed by atoms with Gasteiger partial charge in [-0.05, 0) is 41.9 Å². The Morgan fingerprint density at radius 2 is 0.981 bits per heavy atom. The number of carbonyl (C=O) groups is 2. The van der Waals surface area contributed by atoms with E-state index < -0.39 is 8.07 Å². The zero-order valence-electron chi connectivity index (χ0n) is 29.4. The SMILES string of the molecule is C.C.C.C.C.C.C.C.C.C.C.C.C.CC(C)(C)C.CC(C)(C)CCCOCC1CO1.COCN1C(=O)CN(CCCC(C)(C)C)C1=O.C[Si](C)(C)C.O=O. The van der Waals surface area contributed by atoms with Gasteiger partial charge in [-0.2, -0.15) is 0 Å². The standard InChI is InChI=1S/C12H22N2O3.C10H20O2.C5H12.C4H12Si.13CH4.O2/c1-12(2,3)6-5-7-13-8-10(15)14(9-17-4)11(13)16;1-10(2,3)5-4-6-11-7-9-8-12-9;2*1-5(2,3)4;;;;;;;;;;;;;;1-2/h5-9H2,1-4H3;9H,4-8H2,1-3H3;2*1-4H3;13*1H4;. The molecule has 1 atom stereocenters. The molecule has 0 radical (unpaired) electrons. The molecule has 10 heteroatoms. The average molecular weight is 816 g/mol. The number of hydrogen-bond acceptors (Lipinski definition) is 7. The Bertz CT molecular complexity index is 669. The number of carbonyl (C=O) groups excluding carboxylic acids is 2. The number of hydrogen-bond donors (Lipinski definition) is 0. The molecule has 0 aromatic heterocycles. The predicted molar refractivity (Wildman–Crippen MR) is 262 cm³/mol. The van der Waals surface area contributed by atoms with E-state index in [0.717, 1.165) is 44.0 Å². The van der Waals surface area contributed by atoms with Crippen LogP contribution in [0.25, 0.3) is 0 Å². The molecule has 9 nitrogen and oxygen atoms in total. The van der Waals surface area contributed by atoms with Crippen LogP contribution < -0.4 is 0 Å². The summed E-state index contributed by atoms with van der Waals surface area (Å²) in [6.07, 6.45) is 4.77. The minimum Gasteiger partial charge on any atom is -0.379 e. The highest BCUT2D eigenvalue weighted by Crippen LogP contribution is 2.22. The van der Waals surface area contributed by atoms with Crippen LogP contribution in [0, 0.1) is 26.2 Å². The van der Waals surface area contributed by atoms with Gasteiger partial charge in [0.05, 0.1) is 13.2 Å². The van der Waals surface area contributed by atoms with Crippen molar-refractivity contribution >= 4 is 20.0 Å². The van der Waals surface area contributed by atoms with Crippen LogP contribution in [0.15, 0.2) is 0 Å². The first-order valence-corrected chi connectivity index (χ1v) is 18.9. The zero-order valence-corrected chi connectivity index (χ0v) is 30.4. The molecular formula is C44H118N2O7Si. The molecule has 350 valence electrons. The molecule has 0 bridgehead atoms. The lowest BCUT2D eigenvalue weighted by Gasteiger charge is -2.21. The fourth-order valence-electron chi connectivity index (χ4n) is 2.91. The van der Waals surface area contributed by atoms with Gasteiger partial charge in [0.2, 0.25) is 0 Å². The summed E-state index contributed by atoms with van der Waals surface area (Å²) < 4.78 is 15.3. The van der Waals surface area contributed by atoms with Crippen LogP contribution in [0.3, 0.4) is 0 Å². The molecule has 2 heterocycles. The number of rotatable bonds is 10. The smallest absolute Gasteiger partial charge is 0.329 e. The van der Waals surface area contributed by atoms with E-state index in [-0.39, 0.29) is 127 Å². The summed E-state index contributed by atoms with van der Waals surface area (Å²) >= 11 is 0. The molecule has 54 heavy (non-hydrogen) atoms. The van der Waals surface area contributed by atoms with Gasteiger partial charge >= 0.3 is 6.03 Å². The van der Waals surface area contributed by atoms with E-state index in [9.17, 15) is 9.59 Å². The fraction of sp³-hybridized carbons (Fsp3) is 0.955. The van der Waals surface area contributed by atoms with Crippen molar-refractivity contribution in [3.8, 4) is 0 Å². The van der Waals surface area contributed by atoms with Gasteiger partial charge in [0.15, 0.2) is 0 Å². The number of ether oxygens (including phenoxy) is 3. The van der Waals surface area contributed by atoms with E-state index in [2.05, 4.69) is 95.4 Å². The molecule has 0 N–H and O–H groups in total. The molecule has 1 unspecified atom stereocenters. The van der Waals surface area contributed by atoms with Crippen molar-refractivity contribution in [2.24, 2.45) is 16.2 Å². The molecule has 0 aromatic carbocycles. The Labute approximate surface area is 349 Å². The van der Waals surface area contributed by atoms with E-state index in [4.69, 9.17) is 24.1 Å². The molecule has 0 spiro atoms. The number of imide groups is 1. The second-order valence-electron chi connectivity index (χ2n) is 16.3. The van der Waals surface area contributed by atoms with Crippen LogP contribution in [-0.2, 0) is 19.0 Å². The molecule has 0 saturated carbocycles. The van der Waals surface area contributed by atoms with Crippen molar-refractivity contribution in [2.45, 2.75) is 224 Å². The average Bonchev–Trinajstić information content (AvgIpc) is 3.54. The van der Waals surface area contributed by atoms with Crippen molar-refractivity contribution in [1.29, 1.82) is 0 Å². The van der Waals surface area contributed by atoms with Gasteiger partial charge in [0, 0.05) is 38.3 Å². The monoisotopic (exact) mass is 815 g/mol. The molecule has 2 rings (SSSR count). The summed E-state index contributed by atoms with van der Waals surface area (Å²) in [7, 11) is 0.864. The van der Waals surface area contributed by atoms with Crippen LogP contribution in [-0.4, -0.2) is 82.7 Å². The maximum Gasteiger partial charge on any atom is 0.329 e. The summed E-state index contributed by atoms with van der Waals surface area (Å²) in [4.78, 5) is 40.1. The van der Waals surface area contributed by atoms with Crippen LogP contribution in [0.1, 0.15) is 191 Å². The normalized spacial score (nSPS) is 12.8. The van der Waals surface area contributed by atoms with Gasteiger partial charge in [0.25, 0.3) is 5.91 Å². The van der Waals surface area contributed by atoms with Crippen LogP contribution in [0.4, 0.5) is 4.79 Å². The second-order valence-corrected chi connectivity index (χ2v) is 22.3. The Kier molecular flexibility index (Phi) is 100.0. The first kappa shape index (κ1) is 105. The number of amides is 3. The van der Waals surface area contributed by atoms with Crippen LogP contribution >= 0.6 is 0 Å².